The summed E-state index contributed by atoms with van der Waals surface area (Å²) in [5.74, 6) is 0. The zero-order chi connectivity index (χ0) is 7.70. The van der Waals surface area contributed by atoms with Crippen molar-refractivity contribution in [1.29, 1.82) is 0 Å². The molecule has 10 heavy (non-hydrogen) atoms. The third-order valence-electron chi connectivity index (χ3n) is 0.325. The Morgan fingerprint density at radius 2 is 1.90 bits per heavy atom. The zero-order valence-electron chi connectivity index (χ0n) is 5.69. The Bertz CT molecular complexity index is 95.3. The summed E-state index contributed by atoms with van der Waals surface area (Å²) in [7, 11) is 0. The Labute approximate surface area is 109 Å². The molecule has 0 aliphatic carbocycles. The van der Waals surface area contributed by atoms with Crippen LogP contribution in [0.15, 0.2) is 5.10 Å². The van der Waals surface area contributed by atoms with Gasteiger partial charge in [-0.3, -0.25) is 0 Å². The molecule has 0 saturated heterocycles. The molecular formula is C4H7I2N2OY-. The van der Waals surface area contributed by atoms with E-state index in [0.717, 1.165) is 5.71 Å². The van der Waals surface area contributed by atoms with Crippen LogP contribution in [0, 0.1) is 0 Å². The fourth-order valence-corrected chi connectivity index (χ4v) is 0.135. The molecule has 1 N–H and O–H groups in total. The second kappa shape index (κ2) is 17.0. The number of amides is 1. The second-order valence-corrected chi connectivity index (χ2v) is 1.27. The van der Waals surface area contributed by atoms with E-state index >= 15 is 0 Å². The summed E-state index contributed by atoms with van der Waals surface area (Å²) < 4.78 is 0. The first-order valence-electron chi connectivity index (χ1n) is 2.04. The van der Waals surface area contributed by atoms with Crippen molar-refractivity contribution < 1.29 is 37.5 Å². The number of halogens is 2. The molecule has 57 valence electrons. The van der Waals surface area contributed by atoms with Gasteiger partial charge in [-0.2, -0.15) is 0 Å². The third-order valence-corrected chi connectivity index (χ3v) is 0.325. The summed E-state index contributed by atoms with van der Waals surface area (Å²) in [5, 5.41) is 3.49. The Balaban J connectivity index is -0.000000149. The molecule has 1 radical (unpaired) electrons. The van der Waals surface area contributed by atoms with Gasteiger partial charge in [-0.05, 0) is 13.8 Å². The van der Waals surface area contributed by atoms with Gasteiger partial charge in [0, 0.05) is 75.7 Å². The Kier molecular flexibility index (Phi) is 30.1. The van der Waals surface area contributed by atoms with E-state index in [1.807, 2.05) is 5.43 Å². The van der Waals surface area contributed by atoms with Crippen LogP contribution in [0.2, 0.25) is 0 Å². The largest absolute Gasteiger partial charge is 0.518 e. The van der Waals surface area contributed by atoms with Crippen LogP contribution >= 0.6 is 37.2 Å². The predicted molar refractivity (Wildman–Crippen MR) is 55.7 cm³/mol. The standard InChI is InChI=1S/C4H7N2O.I2.Y/c1-4(2)6-5-3-7;1-2;/h1-2H3,(H,5,7);;/q-1;;. The van der Waals surface area contributed by atoms with E-state index in [-0.39, 0.29) is 32.7 Å². The minimum absolute atomic E-state index is 0. The first kappa shape index (κ1) is 17.7. The summed E-state index contributed by atoms with van der Waals surface area (Å²) in [6, 6.07) is 0. The maximum absolute atomic E-state index is 9.37. The van der Waals surface area contributed by atoms with Crippen molar-refractivity contribution in [2.24, 2.45) is 5.10 Å². The molecule has 0 aliphatic heterocycles. The molecule has 0 aromatic carbocycles. The zero-order valence-corrected chi connectivity index (χ0v) is 12.8. The van der Waals surface area contributed by atoms with Crippen LogP contribution in [0.3, 0.4) is 0 Å². The van der Waals surface area contributed by atoms with Crippen molar-refractivity contribution in [3.05, 3.63) is 0 Å². The van der Waals surface area contributed by atoms with Crippen LogP contribution in [-0.4, -0.2) is 12.1 Å². The van der Waals surface area contributed by atoms with E-state index in [1.54, 1.807) is 13.8 Å². The van der Waals surface area contributed by atoms with Gasteiger partial charge in [0.15, 0.2) is 0 Å². The quantitative estimate of drug-likeness (QED) is 0.229. The molecule has 0 aromatic rings. The van der Waals surface area contributed by atoms with Crippen molar-refractivity contribution in [3.8, 4) is 0 Å². The minimum atomic E-state index is 0. The maximum atomic E-state index is 9.37. The molecule has 0 saturated carbocycles. The molecule has 0 fully saturated rings. The molecule has 1 amide bonds. The second-order valence-electron chi connectivity index (χ2n) is 1.27. The van der Waals surface area contributed by atoms with Crippen LogP contribution in [0.25, 0.3) is 0 Å². The fourth-order valence-electron chi connectivity index (χ4n) is 0.135. The maximum Gasteiger partial charge on any atom is 0.0289 e. The SMILES string of the molecule is CC(C)=NN[C-]=O.II.[Y]. The van der Waals surface area contributed by atoms with E-state index in [9.17, 15) is 4.79 Å². The van der Waals surface area contributed by atoms with Gasteiger partial charge in [0.2, 0.25) is 0 Å². The molecule has 0 rings (SSSR count). The first-order chi connectivity index (χ1) is 4.27. The van der Waals surface area contributed by atoms with Crippen LogP contribution in [0.5, 0.6) is 0 Å². The summed E-state index contributed by atoms with van der Waals surface area (Å²) in [6.07, 6.45) is 1.41. The van der Waals surface area contributed by atoms with Crippen LogP contribution in [0.4, 0.5) is 0 Å². The Morgan fingerprint density at radius 3 is 2.00 bits per heavy atom. The average molecular weight is 442 g/mol. The molecule has 0 atom stereocenters. The van der Waals surface area contributed by atoms with E-state index in [2.05, 4.69) is 42.3 Å². The molecule has 3 nitrogen and oxygen atoms in total. The Hall–Kier alpha value is 1.70. The van der Waals surface area contributed by atoms with Crippen molar-refractivity contribution in [2.45, 2.75) is 13.8 Å². The number of nitrogens with one attached hydrogen (secondary N) is 1. The van der Waals surface area contributed by atoms with Crippen molar-refractivity contribution in [3.63, 3.8) is 0 Å². The fraction of sp³-hybridized carbons (Fsp3) is 0.500. The van der Waals surface area contributed by atoms with Gasteiger partial charge in [-0.1, -0.05) is 0 Å². The van der Waals surface area contributed by atoms with Crippen molar-refractivity contribution in [2.75, 3.05) is 0 Å². The molecule has 6 heteroatoms. The van der Waals surface area contributed by atoms with E-state index in [1.165, 1.54) is 6.41 Å². The summed E-state index contributed by atoms with van der Waals surface area (Å²) in [4.78, 5) is 9.37. The number of nitrogens with zero attached hydrogens (tertiary/aromatic N) is 1. The van der Waals surface area contributed by atoms with E-state index < -0.39 is 0 Å². The van der Waals surface area contributed by atoms with Crippen LogP contribution in [0.1, 0.15) is 13.8 Å². The van der Waals surface area contributed by atoms with Crippen LogP contribution in [-0.2, 0) is 37.5 Å². The molecule has 0 spiro atoms. The van der Waals surface area contributed by atoms with Gasteiger partial charge >= 0.3 is 0 Å². The summed E-state index contributed by atoms with van der Waals surface area (Å²) in [5.41, 5.74) is 2.84. The van der Waals surface area contributed by atoms with Gasteiger partial charge in [0.1, 0.15) is 0 Å². The molecule has 0 heterocycles. The topological polar surface area (TPSA) is 41.5 Å². The number of hydrogen-bond acceptors (Lipinski definition) is 2. The van der Waals surface area contributed by atoms with Gasteiger partial charge in [0.05, 0.1) is 0 Å². The predicted octanol–water partition coefficient (Wildman–Crippen LogP) is 1.81. The Morgan fingerprint density at radius 1 is 1.50 bits per heavy atom. The van der Waals surface area contributed by atoms with E-state index in [4.69, 9.17) is 0 Å². The molecule has 0 aliphatic rings. The summed E-state index contributed by atoms with van der Waals surface area (Å²) >= 11 is 4.24. The number of hydrazone groups is 1. The smallest absolute Gasteiger partial charge is 0.0289 e. The molecule has 0 bridgehead atoms. The monoisotopic (exact) mass is 442 g/mol. The van der Waals surface area contributed by atoms with Crippen molar-refractivity contribution in [1.82, 2.24) is 5.43 Å². The normalized spacial score (nSPS) is 5.60. The number of carbonyl (C=O) groups excluding carboxylic acids is 1. The molecule has 0 aromatic heterocycles. The third kappa shape index (κ3) is 22.6. The van der Waals surface area contributed by atoms with Crippen LogP contribution < -0.4 is 5.43 Å². The van der Waals surface area contributed by atoms with Gasteiger partial charge < -0.3 is 10.2 Å². The minimum Gasteiger partial charge on any atom is -0.518 e. The summed E-state index contributed by atoms with van der Waals surface area (Å²) in [6.45, 7) is 3.56. The molecule has 0 unspecified atom stereocenters. The van der Waals surface area contributed by atoms with Gasteiger partial charge in [0.25, 0.3) is 0 Å². The van der Waals surface area contributed by atoms with E-state index in [0.29, 0.717) is 0 Å². The van der Waals surface area contributed by atoms with Crippen molar-refractivity contribution >= 4 is 49.4 Å². The number of rotatable bonds is 2. The van der Waals surface area contributed by atoms with Gasteiger partial charge in [-0.25, -0.2) is 5.10 Å². The van der Waals surface area contributed by atoms with Gasteiger partial charge in [-0.15, -0.1) is 6.41 Å². The first-order valence-corrected chi connectivity index (χ1v) is 8.33. The molecular weight excluding hydrogens is 435 g/mol. The number of hydrogen-bond donors (Lipinski definition) is 1. The average Bonchev–Trinajstić information content (AvgIpc) is 1.88.